The molecule has 3 nitrogen and oxygen atoms in total. The van der Waals surface area contributed by atoms with Crippen molar-refractivity contribution >= 4 is 5.91 Å². The molecule has 84 valence electrons. The number of carbonyl (C=O) groups excluding carboxylic acids is 1. The van der Waals surface area contributed by atoms with Crippen molar-refractivity contribution in [2.75, 3.05) is 20.1 Å². The molecule has 0 rings (SSSR count). The normalized spacial score (nSPS) is 10.6. The summed E-state index contributed by atoms with van der Waals surface area (Å²) in [5.41, 5.74) is 0. The molecule has 0 aromatic rings. The van der Waals surface area contributed by atoms with Crippen LogP contribution in [-0.2, 0) is 4.79 Å². The molecule has 14 heavy (non-hydrogen) atoms. The second kappa shape index (κ2) is 7.80. The second-order valence-electron chi connectivity index (χ2n) is 4.06. The van der Waals surface area contributed by atoms with E-state index in [1.165, 1.54) is 12.8 Å². The summed E-state index contributed by atoms with van der Waals surface area (Å²) in [4.78, 5) is 13.3. The molecule has 0 heterocycles. The van der Waals surface area contributed by atoms with Crippen LogP contribution >= 0.6 is 0 Å². The molecule has 0 saturated heterocycles. The quantitative estimate of drug-likeness (QED) is 0.634. The Morgan fingerprint density at radius 1 is 1.36 bits per heavy atom. The van der Waals surface area contributed by atoms with Crippen molar-refractivity contribution in [2.45, 2.75) is 46.1 Å². The minimum atomic E-state index is 0.190. The standard InChI is InChI=1S/C11H24N2O/c1-5-6-7-8-13(4)11(14)9-12-10(2)3/h10,12H,5-9H2,1-4H3. The summed E-state index contributed by atoms with van der Waals surface area (Å²) in [7, 11) is 1.88. The molecule has 0 aliphatic rings. The van der Waals surface area contributed by atoms with Crippen molar-refractivity contribution in [3.05, 3.63) is 0 Å². The fourth-order valence-electron chi connectivity index (χ4n) is 1.15. The van der Waals surface area contributed by atoms with Crippen LogP contribution < -0.4 is 5.32 Å². The molecular weight excluding hydrogens is 176 g/mol. The van der Waals surface area contributed by atoms with Gasteiger partial charge in [0.25, 0.3) is 0 Å². The third-order valence-electron chi connectivity index (χ3n) is 2.18. The fraction of sp³-hybridized carbons (Fsp3) is 0.909. The first kappa shape index (κ1) is 13.4. The van der Waals surface area contributed by atoms with Gasteiger partial charge in [0.05, 0.1) is 6.54 Å². The average molecular weight is 200 g/mol. The van der Waals surface area contributed by atoms with Gasteiger partial charge in [0, 0.05) is 19.6 Å². The highest BCUT2D eigenvalue weighted by molar-refractivity contribution is 5.77. The maximum atomic E-state index is 11.5. The molecule has 0 unspecified atom stereocenters. The van der Waals surface area contributed by atoms with Gasteiger partial charge < -0.3 is 10.2 Å². The maximum Gasteiger partial charge on any atom is 0.236 e. The van der Waals surface area contributed by atoms with Crippen LogP contribution in [0.5, 0.6) is 0 Å². The van der Waals surface area contributed by atoms with Crippen LogP contribution in [0.1, 0.15) is 40.0 Å². The number of nitrogens with one attached hydrogen (secondary N) is 1. The van der Waals surface area contributed by atoms with E-state index in [-0.39, 0.29) is 5.91 Å². The number of amides is 1. The van der Waals surface area contributed by atoms with Crippen LogP contribution in [-0.4, -0.2) is 37.0 Å². The van der Waals surface area contributed by atoms with E-state index in [0.717, 1.165) is 13.0 Å². The first-order valence-corrected chi connectivity index (χ1v) is 5.55. The molecule has 0 bridgehead atoms. The Balaban J connectivity index is 3.54. The first-order chi connectivity index (χ1) is 6.57. The number of hydrogen-bond acceptors (Lipinski definition) is 2. The summed E-state index contributed by atoms with van der Waals surface area (Å²) >= 11 is 0. The van der Waals surface area contributed by atoms with Gasteiger partial charge >= 0.3 is 0 Å². The Kier molecular flexibility index (Phi) is 7.48. The molecule has 0 aliphatic heterocycles. The SMILES string of the molecule is CCCCCN(C)C(=O)CNC(C)C. The summed E-state index contributed by atoms with van der Waals surface area (Å²) in [6, 6.07) is 0.378. The van der Waals surface area contributed by atoms with E-state index in [9.17, 15) is 4.79 Å². The van der Waals surface area contributed by atoms with Crippen LogP contribution in [0.2, 0.25) is 0 Å². The molecule has 3 heteroatoms. The Morgan fingerprint density at radius 3 is 2.50 bits per heavy atom. The monoisotopic (exact) mass is 200 g/mol. The molecule has 0 aromatic carbocycles. The summed E-state index contributed by atoms with van der Waals surface area (Å²) in [6.45, 7) is 7.60. The Bertz CT molecular complexity index is 157. The minimum Gasteiger partial charge on any atom is -0.345 e. The van der Waals surface area contributed by atoms with Gasteiger partial charge in [-0.3, -0.25) is 4.79 Å². The smallest absolute Gasteiger partial charge is 0.236 e. The van der Waals surface area contributed by atoms with Gasteiger partial charge in [0.15, 0.2) is 0 Å². The Morgan fingerprint density at radius 2 is 2.00 bits per heavy atom. The largest absolute Gasteiger partial charge is 0.345 e. The van der Waals surface area contributed by atoms with Crippen LogP contribution in [0.4, 0.5) is 0 Å². The third-order valence-corrected chi connectivity index (χ3v) is 2.18. The predicted molar refractivity (Wildman–Crippen MR) is 60.3 cm³/mol. The van der Waals surface area contributed by atoms with Gasteiger partial charge in [-0.2, -0.15) is 0 Å². The van der Waals surface area contributed by atoms with Gasteiger partial charge in [0.2, 0.25) is 5.91 Å². The zero-order valence-corrected chi connectivity index (χ0v) is 9.97. The number of likely N-dealkylation sites (N-methyl/N-ethyl adjacent to an activating group) is 1. The summed E-state index contributed by atoms with van der Waals surface area (Å²) < 4.78 is 0. The van der Waals surface area contributed by atoms with Gasteiger partial charge in [0.1, 0.15) is 0 Å². The van der Waals surface area contributed by atoms with Crippen LogP contribution in [0.25, 0.3) is 0 Å². The third kappa shape index (κ3) is 6.89. The number of hydrogen-bond donors (Lipinski definition) is 1. The minimum absolute atomic E-state index is 0.190. The van der Waals surface area contributed by atoms with Crippen molar-refractivity contribution in [3.63, 3.8) is 0 Å². The van der Waals surface area contributed by atoms with Crippen molar-refractivity contribution in [1.29, 1.82) is 0 Å². The van der Waals surface area contributed by atoms with Gasteiger partial charge in [-0.05, 0) is 6.42 Å². The second-order valence-corrected chi connectivity index (χ2v) is 4.06. The van der Waals surface area contributed by atoms with Crippen molar-refractivity contribution < 1.29 is 4.79 Å². The lowest BCUT2D eigenvalue weighted by Crippen LogP contribution is -2.38. The van der Waals surface area contributed by atoms with Crippen LogP contribution in [0.15, 0.2) is 0 Å². The maximum absolute atomic E-state index is 11.5. The van der Waals surface area contributed by atoms with Crippen molar-refractivity contribution in [3.8, 4) is 0 Å². The molecule has 1 N–H and O–H groups in total. The molecule has 0 aromatic heterocycles. The van der Waals surface area contributed by atoms with E-state index in [1.807, 2.05) is 25.8 Å². The first-order valence-electron chi connectivity index (χ1n) is 5.55. The molecular formula is C11H24N2O. The fourth-order valence-corrected chi connectivity index (χ4v) is 1.15. The number of unbranched alkanes of at least 4 members (excludes halogenated alkanes) is 2. The number of rotatable bonds is 7. The molecule has 1 amide bonds. The lowest BCUT2D eigenvalue weighted by molar-refractivity contribution is -0.129. The summed E-state index contributed by atoms with van der Waals surface area (Å²) in [5.74, 6) is 0.190. The van der Waals surface area contributed by atoms with E-state index >= 15 is 0 Å². The van der Waals surface area contributed by atoms with Gasteiger partial charge in [-0.1, -0.05) is 33.6 Å². The van der Waals surface area contributed by atoms with E-state index in [1.54, 1.807) is 0 Å². The van der Waals surface area contributed by atoms with Gasteiger partial charge in [-0.25, -0.2) is 0 Å². The van der Waals surface area contributed by atoms with E-state index in [4.69, 9.17) is 0 Å². The Labute approximate surface area is 87.9 Å². The summed E-state index contributed by atoms with van der Waals surface area (Å²) in [5, 5.41) is 3.13. The zero-order chi connectivity index (χ0) is 11.0. The van der Waals surface area contributed by atoms with Crippen LogP contribution in [0, 0.1) is 0 Å². The Hall–Kier alpha value is -0.570. The molecule has 0 atom stereocenters. The lowest BCUT2D eigenvalue weighted by Gasteiger charge is -2.18. The molecule has 0 saturated carbocycles. The van der Waals surface area contributed by atoms with E-state index < -0.39 is 0 Å². The highest BCUT2D eigenvalue weighted by Crippen LogP contribution is 1.96. The topological polar surface area (TPSA) is 32.3 Å². The van der Waals surface area contributed by atoms with Crippen LogP contribution in [0.3, 0.4) is 0 Å². The van der Waals surface area contributed by atoms with E-state index in [2.05, 4.69) is 12.2 Å². The van der Waals surface area contributed by atoms with Gasteiger partial charge in [-0.15, -0.1) is 0 Å². The van der Waals surface area contributed by atoms with E-state index in [0.29, 0.717) is 12.6 Å². The van der Waals surface area contributed by atoms with Crippen molar-refractivity contribution in [2.24, 2.45) is 0 Å². The average Bonchev–Trinajstić information content (AvgIpc) is 2.14. The molecule has 0 spiro atoms. The number of carbonyl (C=O) groups is 1. The summed E-state index contributed by atoms with van der Waals surface area (Å²) in [6.07, 6.45) is 3.52. The highest BCUT2D eigenvalue weighted by atomic mass is 16.2. The molecule has 0 aliphatic carbocycles. The zero-order valence-electron chi connectivity index (χ0n) is 9.97. The highest BCUT2D eigenvalue weighted by Gasteiger charge is 2.07. The predicted octanol–water partition coefficient (Wildman–Crippen LogP) is 1.63. The lowest BCUT2D eigenvalue weighted by atomic mass is 10.2. The molecule has 0 radical (unpaired) electrons. The number of nitrogens with zero attached hydrogens (tertiary/aromatic N) is 1. The van der Waals surface area contributed by atoms with Crippen molar-refractivity contribution in [1.82, 2.24) is 10.2 Å². The molecule has 0 fully saturated rings.